The Kier molecular flexibility index (Phi) is 3.29. The zero-order valence-corrected chi connectivity index (χ0v) is 11.7. The number of rotatable bonds is 3. The van der Waals surface area contributed by atoms with Gasteiger partial charge in [0, 0.05) is 23.8 Å². The Hall–Kier alpha value is -2.86. The second-order valence-corrected chi connectivity index (χ2v) is 4.98. The van der Waals surface area contributed by atoms with Crippen LogP contribution in [0.2, 0.25) is 0 Å². The number of para-hydroxylation sites is 1. The Morgan fingerprint density at radius 2 is 1.76 bits per heavy atom. The average Bonchev–Trinajstić information content (AvgIpc) is 2.86. The third-order valence-corrected chi connectivity index (χ3v) is 3.73. The van der Waals surface area contributed by atoms with Gasteiger partial charge in [-0.1, -0.05) is 48.5 Å². The minimum atomic E-state index is -0.787. The molecule has 1 atom stereocenters. The number of carbonyl (C=O) groups excluding carboxylic acids is 1. The summed E-state index contributed by atoms with van der Waals surface area (Å²) < 4.78 is 1.92. The fourth-order valence-corrected chi connectivity index (χ4v) is 2.62. The van der Waals surface area contributed by atoms with E-state index < -0.39 is 5.92 Å². The van der Waals surface area contributed by atoms with Gasteiger partial charge in [0.2, 0.25) is 0 Å². The Bertz CT molecular complexity index is 841. The summed E-state index contributed by atoms with van der Waals surface area (Å²) in [6.07, 6.45) is 0. The molecule has 102 valence electrons. The lowest BCUT2D eigenvalue weighted by Gasteiger charge is -2.10. The summed E-state index contributed by atoms with van der Waals surface area (Å²) >= 11 is 0. The van der Waals surface area contributed by atoms with E-state index in [0.29, 0.717) is 5.56 Å². The highest BCUT2D eigenvalue weighted by Crippen LogP contribution is 2.26. The molecule has 0 radical (unpaired) electrons. The van der Waals surface area contributed by atoms with Gasteiger partial charge in [0.05, 0.1) is 6.07 Å². The molecule has 1 unspecified atom stereocenters. The largest absolute Gasteiger partial charge is 0.346 e. The number of hydrogen-bond donors (Lipinski definition) is 0. The molecule has 0 amide bonds. The van der Waals surface area contributed by atoms with E-state index in [1.165, 1.54) is 0 Å². The van der Waals surface area contributed by atoms with Gasteiger partial charge in [0.15, 0.2) is 5.78 Å². The maximum Gasteiger partial charge on any atom is 0.185 e. The van der Waals surface area contributed by atoms with Crippen molar-refractivity contribution in [1.82, 2.24) is 4.57 Å². The lowest BCUT2D eigenvalue weighted by atomic mass is 9.96. The van der Waals surface area contributed by atoms with Gasteiger partial charge in [-0.25, -0.2) is 0 Å². The van der Waals surface area contributed by atoms with Crippen molar-refractivity contribution in [2.75, 3.05) is 0 Å². The molecule has 0 saturated carbocycles. The molecule has 0 aliphatic rings. The van der Waals surface area contributed by atoms with Gasteiger partial charge < -0.3 is 4.57 Å². The first-order chi connectivity index (χ1) is 10.2. The number of fused-ring (bicyclic) bond motifs is 1. The van der Waals surface area contributed by atoms with E-state index in [4.69, 9.17) is 0 Å². The van der Waals surface area contributed by atoms with E-state index in [2.05, 4.69) is 6.07 Å². The molecule has 3 rings (SSSR count). The molecule has 3 nitrogen and oxygen atoms in total. The van der Waals surface area contributed by atoms with E-state index in [0.717, 1.165) is 16.6 Å². The second kappa shape index (κ2) is 5.26. The number of nitrogens with zero attached hydrogens (tertiary/aromatic N) is 2. The van der Waals surface area contributed by atoms with Crippen LogP contribution in [0.1, 0.15) is 22.0 Å². The highest BCUT2D eigenvalue weighted by atomic mass is 16.1. The lowest BCUT2D eigenvalue weighted by molar-refractivity contribution is 0.0976. The quantitative estimate of drug-likeness (QED) is 0.684. The average molecular weight is 274 g/mol. The Morgan fingerprint density at radius 1 is 1.10 bits per heavy atom. The van der Waals surface area contributed by atoms with Gasteiger partial charge in [-0.05, 0) is 17.5 Å². The fourth-order valence-electron chi connectivity index (χ4n) is 2.62. The van der Waals surface area contributed by atoms with Gasteiger partial charge >= 0.3 is 0 Å². The molecule has 0 bridgehead atoms. The van der Waals surface area contributed by atoms with Crippen LogP contribution >= 0.6 is 0 Å². The van der Waals surface area contributed by atoms with Crippen molar-refractivity contribution >= 4 is 16.7 Å². The van der Waals surface area contributed by atoms with Crippen molar-refractivity contribution in [2.24, 2.45) is 7.05 Å². The number of aromatic nitrogens is 1. The van der Waals surface area contributed by atoms with Gasteiger partial charge in [0.25, 0.3) is 0 Å². The van der Waals surface area contributed by atoms with E-state index in [-0.39, 0.29) is 5.78 Å². The number of carbonyl (C=O) groups is 1. The highest BCUT2D eigenvalue weighted by Gasteiger charge is 2.24. The lowest BCUT2D eigenvalue weighted by Crippen LogP contribution is -2.14. The van der Waals surface area contributed by atoms with Gasteiger partial charge in [-0.2, -0.15) is 5.26 Å². The van der Waals surface area contributed by atoms with Crippen LogP contribution in [0, 0.1) is 11.3 Å². The molecule has 2 aromatic carbocycles. The highest BCUT2D eigenvalue weighted by molar-refractivity contribution is 6.03. The standard InChI is InChI=1S/C18H14N2O/c1-20-16-10-6-5-9-14(16)11-17(20)15(12-19)18(21)13-7-3-2-4-8-13/h2-11,15H,1H3. The van der Waals surface area contributed by atoms with Gasteiger partial charge in [0.1, 0.15) is 5.92 Å². The van der Waals surface area contributed by atoms with Gasteiger partial charge in [-0.3, -0.25) is 4.79 Å². The van der Waals surface area contributed by atoms with Crippen molar-refractivity contribution in [3.8, 4) is 6.07 Å². The summed E-state index contributed by atoms with van der Waals surface area (Å²) in [6.45, 7) is 0. The molecule has 3 aromatic rings. The molecule has 0 spiro atoms. The number of ketones is 1. The van der Waals surface area contributed by atoms with Gasteiger partial charge in [-0.15, -0.1) is 0 Å². The maximum atomic E-state index is 12.6. The minimum Gasteiger partial charge on any atom is -0.346 e. The maximum absolute atomic E-state index is 12.6. The molecule has 0 aliphatic heterocycles. The summed E-state index contributed by atoms with van der Waals surface area (Å²) in [4.78, 5) is 12.6. The zero-order valence-electron chi connectivity index (χ0n) is 11.7. The first-order valence-corrected chi connectivity index (χ1v) is 6.75. The molecule has 21 heavy (non-hydrogen) atoms. The Labute approximate surface area is 123 Å². The first kappa shape index (κ1) is 13.1. The first-order valence-electron chi connectivity index (χ1n) is 6.75. The minimum absolute atomic E-state index is 0.163. The summed E-state index contributed by atoms with van der Waals surface area (Å²) in [5.41, 5.74) is 2.32. The number of aryl methyl sites for hydroxylation is 1. The third-order valence-electron chi connectivity index (χ3n) is 3.73. The number of hydrogen-bond acceptors (Lipinski definition) is 2. The predicted molar refractivity (Wildman–Crippen MR) is 82.0 cm³/mol. The molecule has 0 aliphatic carbocycles. The zero-order chi connectivity index (χ0) is 14.8. The molecule has 0 saturated heterocycles. The number of nitriles is 1. The number of benzene rings is 2. The summed E-state index contributed by atoms with van der Waals surface area (Å²) in [5, 5.41) is 10.5. The predicted octanol–water partition coefficient (Wildman–Crippen LogP) is 3.67. The van der Waals surface area contributed by atoms with Crippen LogP contribution < -0.4 is 0 Å². The molecule has 0 fully saturated rings. The van der Waals surface area contributed by atoms with Crippen molar-refractivity contribution < 1.29 is 4.79 Å². The fraction of sp³-hybridized carbons (Fsp3) is 0.111. The normalized spacial score (nSPS) is 12.0. The topological polar surface area (TPSA) is 45.8 Å². The number of Topliss-reactive ketones (excluding diaryl/α,β-unsaturated/α-hetero) is 1. The molecule has 3 heteroatoms. The molecule has 0 N–H and O–H groups in total. The van der Waals surface area contributed by atoms with Crippen molar-refractivity contribution in [2.45, 2.75) is 5.92 Å². The van der Waals surface area contributed by atoms with Crippen molar-refractivity contribution in [3.05, 3.63) is 71.9 Å². The molecular formula is C18H14N2O. The van der Waals surface area contributed by atoms with Crippen LogP contribution in [0.3, 0.4) is 0 Å². The summed E-state index contributed by atoms with van der Waals surface area (Å²) in [6, 6.07) is 20.9. The molecule has 1 aromatic heterocycles. The van der Waals surface area contributed by atoms with Crippen LogP contribution in [0.4, 0.5) is 0 Å². The third kappa shape index (κ3) is 2.21. The van der Waals surface area contributed by atoms with E-state index in [1.807, 2.05) is 60.1 Å². The van der Waals surface area contributed by atoms with Crippen LogP contribution in [0.15, 0.2) is 60.7 Å². The van der Waals surface area contributed by atoms with E-state index in [1.54, 1.807) is 12.1 Å². The molecular weight excluding hydrogens is 260 g/mol. The van der Waals surface area contributed by atoms with Crippen molar-refractivity contribution in [3.63, 3.8) is 0 Å². The van der Waals surface area contributed by atoms with Crippen molar-refractivity contribution in [1.29, 1.82) is 5.26 Å². The summed E-state index contributed by atoms with van der Waals surface area (Å²) in [5.74, 6) is -0.950. The SMILES string of the molecule is Cn1c(C(C#N)C(=O)c2ccccc2)cc2ccccc21. The smallest absolute Gasteiger partial charge is 0.185 e. The van der Waals surface area contributed by atoms with E-state index >= 15 is 0 Å². The molecule has 1 heterocycles. The van der Waals surface area contributed by atoms with Crippen LogP contribution in [-0.2, 0) is 7.05 Å². The second-order valence-electron chi connectivity index (χ2n) is 4.98. The monoisotopic (exact) mass is 274 g/mol. The Morgan fingerprint density at radius 3 is 2.43 bits per heavy atom. The Balaban J connectivity index is 2.09. The van der Waals surface area contributed by atoms with Crippen LogP contribution in [-0.4, -0.2) is 10.4 Å². The van der Waals surface area contributed by atoms with E-state index in [9.17, 15) is 10.1 Å². The van der Waals surface area contributed by atoms with Crippen LogP contribution in [0.5, 0.6) is 0 Å². The van der Waals surface area contributed by atoms with Crippen LogP contribution in [0.25, 0.3) is 10.9 Å². The summed E-state index contributed by atoms with van der Waals surface area (Å²) in [7, 11) is 1.89.